The molecule has 0 radical (unpaired) electrons. The van der Waals surface area contributed by atoms with E-state index in [-0.39, 0.29) is 5.91 Å². The van der Waals surface area contributed by atoms with Gasteiger partial charge >= 0.3 is 0 Å². The molecule has 1 amide bonds. The molecule has 0 unspecified atom stereocenters. The molecule has 0 saturated heterocycles. The van der Waals surface area contributed by atoms with E-state index in [0.717, 1.165) is 35.3 Å². The van der Waals surface area contributed by atoms with Gasteiger partial charge in [0.25, 0.3) is 5.91 Å². The smallest absolute Gasteiger partial charge is 0.255 e. The first kappa shape index (κ1) is 16.6. The number of ether oxygens (including phenoxy) is 2. The van der Waals surface area contributed by atoms with Crippen molar-refractivity contribution in [3.05, 3.63) is 56.6 Å². The largest absolute Gasteiger partial charge is 0.493 e. The van der Waals surface area contributed by atoms with Crippen LogP contribution in [-0.4, -0.2) is 25.7 Å². The minimum Gasteiger partial charge on any atom is -0.493 e. The lowest BCUT2D eigenvalue weighted by Gasteiger charge is -2.13. The minimum atomic E-state index is -0.120. The second kappa shape index (κ2) is 6.77. The Balaban J connectivity index is 1.50. The summed E-state index contributed by atoms with van der Waals surface area (Å²) in [6.07, 6.45) is 2.18. The van der Waals surface area contributed by atoms with Crippen molar-refractivity contribution >= 4 is 29.1 Å². The number of halogens is 2. The summed E-state index contributed by atoms with van der Waals surface area (Å²) in [4.78, 5) is 12.8. The van der Waals surface area contributed by atoms with E-state index in [1.54, 1.807) is 12.1 Å². The summed E-state index contributed by atoms with van der Waals surface area (Å²) < 4.78 is 11.4. The van der Waals surface area contributed by atoms with Crippen LogP contribution in [0, 0.1) is 0 Å². The molecule has 0 spiro atoms. The van der Waals surface area contributed by atoms with Gasteiger partial charge in [-0.15, -0.1) is 0 Å². The van der Waals surface area contributed by atoms with Crippen LogP contribution >= 0.6 is 23.2 Å². The Labute approximate surface area is 156 Å². The van der Waals surface area contributed by atoms with Gasteiger partial charge in [0.2, 0.25) is 0 Å². The van der Waals surface area contributed by atoms with Crippen molar-refractivity contribution in [3.8, 4) is 11.5 Å². The predicted octanol–water partition coefficient (Wildman–Crippen LogP) is 3.84. The average Bonchev–Trinajstić information content (AvgIpc) is 3.22. The third-order valence-corrected chi connectivity index (χ3v) is 5.16. The summed E-state index contributed by atoms with van der Waals surface area (Å²) in [6.45, 7) is 1.71. The van der Waals surface area contributed by atoms with Crippen LogP contribution in [0.25, 0.3) is 0 Å². The van der Waals surface area contributed by atoms with Crippen molar-refractivity contribution in [1.29, 1.82) is 0 Å². The number of hydrogen-bond acceptors (Lipinski definition) is 3. The van der Waals surface area contributed by atoms with E-state index < -0.39 is 0 Å². The standard InChI is InChI=1S/C19H17Cl2NO3/c20-13-2-1-11(15(21)10-13)3-6-22-19(23)17-14-5-8-24-16(14)9-12-4-7-25-18(12)17/h1-2,9-10H,3-8H2,(H,22,23). The lowest BCUT2D eigenvalue weighted by atomic mass is 9.99. The van der Waals surface area contributed by atoms with E-state index in [9.17, 15) is 4.79 Å². The van der Waals surface area contributed by atoms with Crippen molar-refractivity contribution in [1.82, 2.24) is 5.32 Å². The number of carbonyl (C=O) groups is 1. The molecule has 2 aromatic rings. The van der Waals surface area contributed by atoms with E-state index in [2.05, 4.69) is 5.32 Å². The van der Waals surface area contributed by atoms with Gasteiger partial charge < -0.3 is 14.8 Å². The Hall–Kier alpha value is -1.91. The minimum absolute atomic E-state index is 0.120. The molecular formula is C19H17Cl2NO3. The molecule has 0 atom stereocenters. The van der Waals surface area contributed by atoms with Crippen molar-refractivity contribution in [2.24, 2.45) is 0 Å². The maximum atomic E-state index is 12.8. The van der Waals surface area contributed by atoms with Gasteiger partial charge in [0.1, 0.15) is 11.5 Å². The molecule has 25 heavy (non-hydrogen) atoms. The zero-order valence-electron chi connectivity index (χ0n) is 13.5. The molecule has 4 rings (SSSR count). The van der Waals surface area contributed by atoms with Gasteiger partial charge in [-0.1, -0.05) is 29.3 Å². The fourth-order valence-corrected chi connectivity index (χ4v) is 3.85. The highest BCUT2D eigenvalue weighted by molar-refractivity contribution is 6.35. The summed E-state index contributed by atoms with van der Waals surface area (Å²) in [7, 11) is 0. The summed E-state index contributed by atoms with van der Waals surface area (Å²) in [6, 6.07) is 7.40. The predicted molar refractivity (Wildman–Crippen MR) is 97.3 cm³/mol. The van der Waals surface area contributed by atoms with Gasteiger partial charge in [-0.2, -0.15) is 0 Å². The summed E-state index contributed by atoms with van der Waals surface area (Å²) >= 11 is 12.1. The molecular weight excluding hydrogens is 361 g/mol. The molecule has 6 heteroatoms. The van der Waals surface area contributed by atoms with E-state index in [1.165, 1.54) is 0 Å². The van der Waals surface area contributed by atoms with E-state index in [0.29, 0.717) is 47.5 Å². The van der Waals surface area contributed by atoms with Crippen LogP contribution in [0.3, 0.4) is 0 Å². The van der Waals surface area contributed by atoms with E-state index in [4.69, 9.17) is 32.7 Å². The highest BCUT2D eigenvalue weighted by Crippen LogP contribution is 2.40. The first-order chi connectivity index (χ1) is 12.1. The van der Waals surface area contributed by atoms with Crippen molar-refractivity contribution < 1.29 is 14.3 Å². The van der Waals surface area contributed by atoms with Gasteiger partial charge in [-0.3, -0.25) is 4.79 Å². The molecule has 1 N–H and O–H groups in total. The van der Waals surface area contributed by atoms with Gasteiger partial charge in [0, 0.05) is 40.6 Å². The van der Waals surface area contributed by atoms with Crippen LogP contribution in [0.15, 0.2) is 24.3 Å². The van der Waals surface area contributed by atoms with Gasteiger partial charge in [-0.05, 0) is 30.2 Å². The summed E-state index contributed by atoms with van der Waals surface area (Å²) in [5.74, 6) is 1.41. The van der Waals surface area contributed by atoms with Gasteiger partial charge in [-0.25, -0.2) is 0 Å². The Morgan fingerprint density at radius 2 is 1.96 bits per heavy atom. The molecule has 0 fully saturated rings. The van der Waals surface area contributed by atoms with Gasteiger partial charge in [0.15, 0.2) is 0 Å². The fraction of sp³-hybridized carbons (Fsp3) is 0.316. The number of fused-ring (bicyclic) bond motifs is 2. The van der Waals surface area contributed by atoms with Crippen LogP contribution in [0.1, 0.15) is 27.0 Å². The second-order valence-electron chi connectivity index (χ2n) is 6.16. The van der Waals surface area contributed by atoms with E-state index >= 15 is 0 Å². The number of carbonyl (C=O) groups excluding carboxylic acids is 1. The van der Waals surface area contributed by atoms with Crippen molar-refractivity contribution in [2.45, 2.75) is 19.3 Å². The maximum absolute atomic E-state index is 12.8. The molecule has 2 aliphatic heterocycles. The van der Waals surface area contributed by atoms with Crippen molar-refractivity contribution in [3.63, 3.8) is 0 Å². The van der Waals surface area contributed by atoms with Crippen molar-refractivity contribution in [2.75, 3.05) is 19.8 Å². The summed E-state index contributed by atoms with van der Waals surface area (Å²) in [5, 5.41) is 4.20. The molecule has 2 heterocycles. The SMILES string of the molecule is O=C(NCCc1ccc(Cl)cc1Cl)c1c2c(cc3c1OCC3)OCC2. The lowest BCUT2D eigenvalue weighted by Crippen LogP contribution is -2.27. The Morgan fingerprint density at radius 3 is 2.80 bits per heavy atom. The first-order valence-corrected chi connectivity index (χ1v) is 9.05. The number of amides is 1. The van der Waals surface area contributed by atoms with E-state index in [1.807, 2.05) is 12.1 Å². The Bertz CT molecular complexity index is 819. The molecule has 0 bridgehead atoms. The highest BCUT2D eigenvalue weighted by atomic mass is 35.5. The van der Waals surface area contributed by atoms with Gasteiger partial charge in [0.05, 0.1) is 18.8 Å². The third-order valence-electron chi connectivity index (χ3n) is 4.57. The van der Waals surface area contributed by atoms with Crippen LogP contribution in [-0.2, 0) is 19.3 Å². The fourth-order valence-electron chi connectivity index (χ4n) is 3.35. The molecule has 2 aliphatic rings. The normalized spacial score (nSPS) is 14.5. The molecule has 4 nitrogen and oxygen atoms in total. The number of rotatable bonds is 4. The maximum Gasteiger partial charge on any atom is 0.255 e. The monoisotopic (exact) mass is 377 g/mol. The number of nitrogens with one attached hydrogen (secondary N) is 1. The van der Waals surface area contributed by atoms with Crippen LogP contribution in [0.5, 0.6) is 11.5 Å². The number of benzene rings is 2. The molecule has 130 valence electrons. The third kappa shape index (κ3) is 3.16. The van der Waals surface area contributed by atoms with Crippen LogP contribution in [0.4, 0.5) is 0 Å². The molecule has 0 saturated carbocycles. The number of hydrogen-bond donors (Lipinski definition) is 1. The molecule has 2 aromatic carbocycles. The first-order valence-electron chi connectivity index (χ1n) is 8.30. The Kier molecular flexibility index (Phi) is 4.48. The molecule has 0 aliphatic carbocycles. The topological polar surface area (TPSA) is 47.6 Å². The summed E-state index contributed by atoms with van der Waals surface area (Å²) in [5.41, 5.74) is 3.58. The zero-order chi connectivity index (χ0) is 17.4. The van der Waals surface area contributed by atoms with Crippen LogP contribution < -0.4 is 14.8 Å². The quantitative estimate of drug-likeness (QED) is 0.880. The Morgan fingerprint density at radius 1 is 1.12 bits per heavy atom. The lowest BCUT2D eigenvalue weighted by molar-refractivity contribution is 0.0950. The van der Waals surface area contributed by atoms with Crippen LogP contribution in [0.2, 0.25) is 10.0 Å². The molecule has 0 aromatic heterocycles. The zero-order valence-corrected chi connectivity index (χ0v) is 15.0. The second-order valence-corrected chi connectivity index (χ2v) is 7.00. The average molecular weight is 378 g/mol. The highest BCUT2D eigenvalue weighted by Gasteiger charge is 2.30.